The van der Waals surface area contributed by atoms with Crippen molar-refractivity contribution < 1.29 is 19.5 Å². The fourth-order valence-electron chi connectivity index (χ4n) is 2.34. The van der Waals surface area contributed by atoms with Crippen LogP contribution in [-0.4, -0.2) is 41.0 Å². The summed E-state index contributed by atoms with van der Waals surface area (Å²) in [7, 11) is 0. The van der Waals surface area contributed by atoms with Gasteiger partial charge in [-0.15, -0.1) is 0 Å². The summed E-state index contributed by atoms with van der Waals surface area (Å²) < 4.78 is 0. The van der Waals surface area contributed by atoms with Crippen molar-refractivity contribution in [1.29, 1.82) is 0 Å². The van der Waals surface area contributed by atoms with E-state index in [0.29, 0.717) is 12.8 Å². The van der Waals surface area contributed by atoms with Crippen molar-refractivity contribution in [2.45, 2.75) is 72.5 Å². The molecule has 0 aliphatic heterocycles. The predicted octanol–water partition coefficient (Wildman–Crippen LogP) is 1.12. The summed E-state index contributed by atoms with van der Waals surface area (Å²) >= 11 is 0. The first-order valence-corrected chi connectivity index (χ1v) is 8.60. The molecule has 7 nitrogen and oxygen atoms in total. The van der Waals surface area contributed by atoms with Crippen LogP contribution >= 0.6 is 0 Å². The normalized spacial score (nSPS) is 16.4. The molecule has 7 heteroatoms. The summed E-state index contributed by atoms with van der Waals surface area (Å²) in [5.74, 6) is -2.11. The molecule has 2 amide bonds. The molecule has 0 aromatic heterocycles. The second kappa shape index (κ2) is 10.3. The van der Waals surface area contributed by atoms with E-state index in [1.807, 2.05) is 20.8 Å². The Kier molecular flexibility index (Phi) is 9.58. The molecule has 5 N–H and O–H groups in total. The number of amides is 2. The standard InChI is InChI=1S/C17H33N3O4/c1-7-11(6)14(17(23)24)20-16(22)13(10(4)5)19-15(21)12(18)8-9(2)3/h9-14H,7-8,18H2,1-6H3,(H,19,21)(H,20,22)(H,23,24)/t11-,12-,13-,14-/m0/s1. The molecular formula is C17H33N3O4. The predicted molar refractivity (Wildman–Crippen MR) is 93.2 cm³/mol. The average molecular weight is 343 g/mol. The van der Waals surface area contributed by atoms with Gasteiger partial charge < -0.3 is 21.5 Å². The van der Waals surface area contributed by atoms with E-state index in [-0.39, 0.29) is 17.8 Å². The fourth-order valence-corrected chi connectivity index (χ4v) is 2.34. The maximum absolute atomic E-state index is 12.5. The molecule has 0 aromatic rings. The molecule has 140 valence electrons. The van der Waals surface area contributed by atoms with Crippen LogP contribution in [0.3, 0.4) is 0 Å². The quantitative estimate of drug-likeness (QED) is 0.473. The van der Waals surface area contributed by atoms with Gasteiger partial charge in [0, 0.05) is 0 Å². The number of carbonyl (C=O) groups excluding carboxylic acids is 2. The van der Waals surface area contributed by atoms with Crippen LogP contribution in [0.1, 0.15) is 54.4 Å². The number of nitrogens with two attached hydrogens (primary N) is 1. The van der Waals surface area contributed by atoms with E-state index >= 15 is 0 Å². The molecule has 0 fully saturated rings. The van der Waals surface area contributed by atoms with Gasteiger partial charge in [-0.2, -0.15) is 0 Å². The number of carbonyl (C=O) groups is 3. The molecule has 0 radical (unpaired) electrons. The Labute approximate surface area is 144 Å². The first-order valence-electron chi connectivity index (χ1n) is 8.60. The maximum atomic E-state index is 12.5. The highest BCUT2D eigenvalue weighted by Crippen LogP contribution is 2.10. The Morgan fingerprint density at radius 3 is 1.83 bits per heavy atom. The van der Waals surface area contributed by atoms with Gasteiger partial charge >= 0.3 is 5.97 Å². The van der Waals surface area contributed by atoms with E-state index in [1.165, 1.54) is 0 Å². The van der Waals surface area contributed by atoms with Crippen molar-refractivity contribution in [2.75, 3.05) is 0 Å². The number of hydrogen-bond acceptors (Lipinski definition) is 4. The van der Waals surface area contributed by atoms with Crippen LogP contribution in [0.4, 0.5) is 0 Å². The van der Waals surface area contributed by atoms with Crippen LogP contribution in [0.2, 0.25) is 0 Å². The minimum absolute atomic E-state index is 0.188. The highest BCUT2D eigenvalue weighted by molar-refractivity contribution is 5.92. The number of rotatable bonds is 10. The summed E-state index contributed by atoms with van der Waals surface area (Å²) in [4.78, 5) is 36.0. The third-order valence-electron chi connectivity index (χ3n) is 4.09. The van der Waals surface area contributed by atoms with E-state index < -0.39 is 35.9 Å². The zero-order valence-electron chi connectivity index (χ0n) is 15.6. The minimum Gasteiger partial charge on any atom is -0.480 e. The number of carboxylic acid groups (broad SMARTS) is 1. The summed E-state index contributed by atoms with van der Waals surface area (Å²) in [5.41, 5.74) is 5.85. The SMILES string of the molecule is CC[C@H](C)[C@H](NC(=O)[C@@H](NC(=O)[C@@H](N)CC(C)C)C(C)C)C(=O)O. The monoisotopic (exact) mass is 343 g/mol. The van der Waals surface area contributed by atoms with Gasteiger partial charge in [0.15, 0.2) is 0 Å². The Bertz CT molecular complexity index is 438. The van der Waals surface area contributed by atoms with Crippen LogP contribution in [0.15, 0.2) is 0 Å². The Morgan fingerprint density at radius 1 is 0.958 bits per heavy atom. The van der Waals surface area contributed by atoms with Gasteiger partial charge in [-0.25, -0.2) is 4.79 Å². The lowest BCUT2D eigenvalue weighted by atomic mass is 9.97. The Hall–Kier alpha value is -1.63. The van der Waals surface area contributed by atoms with Gasteiger partial charge in [-0.1, -0.05) is 48.0 Å². The number of nitrogens with one attached hydrogen (secondary N) is 2. The molecule has 0 saturated carbocycles. The summed E-state index contributed by atoms with van der Waals surface area (Å²) in [6, 6.07) is -2.49. The van der Waals surface area contributed by atoms with E-state index in [1.54, 1.807) is 20.8 Å². The van der Waals surface area contributed by atoms with E-state index in [4.69, 9.17) is 5.73 Å². The van der Waals surface area contributed by atoms with Crippen molar-refractivity contribution in [2.24, 2.45) is 23.5 Å². The average Bonchev–Trinajstić information content (AvgIpc) is 2.47. The van der Waals surface area contributed by atoms with Crippen molar-refractivity contribution >= 4 is 17.8 Å². The summed E-state index contributed by atoms with van der Waals surface area (Å²) in [6.07, 6.45) is 1.14. The van der Waals surface area contributed by atoms with E-state index in [2.05, 4.69) is 10.6 Å². The second-order valence-corrected chi connectivity index (χ2v) is 7.18. The van der Waals surface area contributed by atoms with Crippen LogP contribution < -0.4 is 16.4 Å². The lowest BCUT2D eigenvalue weighted by molar-refractivity contribution is -0.144. The smallest absolute Gasteiger partial charge is 0.326 e. The molecule has 0 spiro atoms. The largest absolute Gasteiger partial charge is 0.480 e. The third-order valence-corrected chi connectivity index (χ3v) is 4.09. The molecule has 0 heterocycles. The van der Waals surface area contributed by atoms with E-state index in [9.17, 15) is 19.5 Å². The first-order chi connectivity index (χ1) is 11.0. The first kappa shape index (κ1) is 22.4. The molecule has 0 aliphatic rings. The van der Waals surface area contributed by atoms with Crippen LogP contribution in [0.25, 0.3) is 0 Å². The zero-order chi connectivity index (χ0) is 19.0. The van der Waals surface area contributed by atoms with Crippen molar-refractivity contribution in [3.63, 3.8) is 0 Å². The summed E-state index contributed by atoms with van der Waals surface area (Å²) in [6.45, 7) is 11.1. The van der Waals surface area contributed by atoms with Gasteiger partial charge in [0.25, 0.3) is 0 Å². The molecular weight excluding hydrogens is 310 g/mol. The molecule has 0 aromatic carbocycles. The van der Waals surface area contributed by atoms with E-state index in [0.717, 1.165) is 0 Å². The van der Waals surface area contributed by atoms with Gasteiger partial charge in [-0.3, -0.25) is 9.59 Å². The zero-order valence-corrected chi connectivity index (χ0v) is 15.6. The molecule has 0 aliphatic carbocycles. The molecule has 0 saturated heterocycles. The highest BCUT2D eigenvalue weighted by atomic mass is 16.4. The minimum atomic E-state index is -1.08. The topological polar surface area (TPSA) is 122 Å². The van der Waals surface area contributed by atoms with Gasteiger partial charge in [0.05, 0.1) is 6.04 Å². The van der Waals surface area contributed by atoms with Gasteiger partial charge in [-0.05, 0) is 24.2 Å². The van der Waals surface area contributed by atoms with Crippen molar-refractivity contribution in [3.05, 3.63) is 0 Å². The Morgan fingerprint density at radius 2 is 1.46 bits per heavy atom. The molecule has 24 heavy (non-hydrogen) atoms. The summed E-state index contributed by atoms with van der Waals surface area (Å²) in [5, 5.41) is 14.5. The van der Waals surface area contributed by atoms with Crippen molar-refractivity contribution in [3.8, 4) is 0 Å². The number of hydrogen-bond donors (Lipinski definition) is 4. The van der Waals surface area contributed by atoms with Crippen molar-refractivity contribution in [1.82, 2.24) is 10.6 Å². The molecule has 0 rings (SSSR count). The Balaban J connectivity index is 5.01. The second-order valence-electron chi connectivity index (χ2n) is 7.18. The number of carboxylic acids is 1. The molecule has 4 atom stereocenters. The van der Waals surface area contributed by atoms with Gasteiger partial charge in [0.1, 0.15) is 12.1 Å². The van der Waals surface area contributed by atoms with Crippen LogP contribution in [-0.2, 0) is 14.4 Å². The molecule has 0 bridgehead atoms. The number of aliphatic carboxylic acids is 1. The van der Waals surface area contributed by atoms with Crippen LogP contribution in [0.5, 0.6) is 0 Å². The maximum Gasteiger partial charge on any atom is 0.326 e. The van der Waals surface area contributed by atoms with Crippen LogP contribution in [0, 0.1) is 17.8 Å². The highest BCUT2D eigenvalue weighted by Gasteiger charge is 2.31. The molecule has 0 unspecified atom stereocenters. The fraction of sp³-hybridized carbons (Fsp3) is 0.824. The third kappa shape index (κ3) is 7.29. The lowest BCUT2D eigenvalue weighted by Gasteiger charge is -2.27. The lowest BCUT2D eigenvalue weighted by Crippen LogP contribution is -2.57. The van der Waals surface area contributed by atoms with Gasteiger partial charge in [0.2, 0.25) is 11.8 Å².